The number of thioether (sulfide) groups is 1. The fourth-order valence-electron chi connectivity index (χ4n) is 2.70. The van der Waals surface area contributed by atoms with E-state index >= 15 is 0 Å². The van der Waals surface area contributed by atoms with E-state index in [1.54, 1.807) is 23.9 Å². The van der Waals surface area contributed by atoms with Gasteiger partial charge in [0.25, 0.3) is 0 Å². The molecule has 0 amide bonds. The molecule has 3 aromatic carbocycles. The highest BCUT2D eigenvalue weighted by Crippen LogP contribution is 2.23. The third-order valence-corrected chi connectivity index (χ3v) is 6.65. The zero-order valence-electron chi connectivity index (χ0n) is 14.6. The second-order valence-corrected chi connectivity index (χ2v) is 8.74. The molecule has 0 aliphatic rings. The molecule has 0 atom stereocenters. The Morgan fingerprint density at radius 2 is 1.19 bits per heavy atom. The van der Waals surface area contributed by atoms with Gasteiger partial charge in [0.2, 0.25) is 10.0 Å². The first-order chi connectivity index (χ1) is 12.6. The van der Waals surface area contributed by atoms with Crippen LogP contribution in [0.2, 0.25) is 0 Å². The van der Waals surface area contributed by atoms with Gasteiger partial charge < -0.3 is 0 Å². The topological polar surface area (TPSA) is 37.4 Å². The molecule has 0 unspecified atom stereocenters. The van der Waals surface area contributed by atoms with Gasteiger partial charge in [-0.2, -0.15) is 4.31 Å². The average molecular weight is 384 g/mol. The van der Waals surface area contributed by atoms with Crippen LogP contribution in [0.4, 0.5) is 0 Å². The lowest BCUT2D eigenvalue weighted by molar-refractivity contribution is 0.401. The Morgan fingerprint density at radius 3 is 1.62 bits per heavy atom. The second kappa shape index (κ2) is 8.54. The minimum absolute atomic E-state index is 0.321. The highest BCUT2D eigenvalue weighted by molar-refractivity contribution is 7.98. The maximum absolute atomic E-state index is 13.3. The molecule has 134 valence electrons. The summed E-state index contributed by atoms with van der Waals surface area (Å²) in [6.45, 7) is 0.671. The smallest absolute Gasteiger partial charge is 0.207 e. The lowest BCUT2D eigenvalue weighted by atomic mass is 10.2. The summed E-state index contributed by atoms with van der Waals surface area (Å²) in [5, 5.41) is 0. The number of nitrogens with zero attached hydrogens (tertiary/aromatic N) is 1. The molecule has 26 heavy (non-hydrogen) atoms. The van der Waals surface area contributed by atoms with Crippen LogP contribution in [0.1, 0.15) is 11.1 Å². The van der Waals surface area contributed by atoms with Crippen LogP contribution in [0.3, 0.4) is 0 Å². The van der Waals surface area contributed by atoms with E-state index in [9.17, 15) is 8.42 Å². The van der Waals surface area contributed by atoms with E-state index in [4.69, 9.17) is 0 Å². The van der Waals surface area contributed by atoms with Crippen LogP contribution in [0.15, 0.2) is 94.7 Å². The summed E-state index contributed by atoms with van der Waals surface area (Å²) in [6, 6.07) is 26.4. The lowest BCUT2D eigenvalue weighted by Gasteiger charge is -2.23. The zero-order valence-corrected chi connectivity index (χ0v) is 16.2. The normalized spacial score (nSPS) is 11.6. The lowest BCUT2D eigenvalue weighted by Crippen LogP contribution is -2.30. The van der Waals surface area contributed by atoms with Gasteiger partial charge in [-0.25, -0.2) is 8.42 Å². The maximum Gasteiger partial charge on any atom is 0.243 e. The van der Waals surface area contributed by atoms with E-state index in [0.29, 0.717) is 18.0 Å². The van der Waals surface area contributed by atoms with E-state index in [0.717, 1.165) is 16.0 Å². The van der Waals surface area contributed by atoms with Crippen molar-refractivity contribution in [1.29, 1.82) is 0 Å². The molecule has 0 aromatic heterocycles. The number of hydrogen-bond donors (Lipinski definition) is 0. The number of hydrogen-bond acceptors (Lipinski definition) is 3. The zero-order chi connectivity index (χ0) is 18.4. The number of rotatable bonds is 7. The largest absolute Gasteiger partial charge is 0.243 e. The van der Waals surface area contributed by atoms with E-state index in [2.05, 4.69) is 0 Å². The minimum atomic E-state index is -3.60. The van der Waals surface area contributed by atoms with Gasteiger partial charge in [-0.05, 0) is 41.6 Å². The van der Waals surface area contributed by atoms with Crippen LogP contribution < -0.4 is 0 Å². The average Bonchev–Trinajstić information content (AvgIpc) is 2.69. The van der Waals surface area contributed by atoms with Gasteiger partial charge in [0.1, 0.15) is 0 Å². The van der Waals surface area contributed by atoms with E-state index < -0.39 is 10.0 Å². The molecule has 0 radical (unpaired) electrons. The first kappa shape index (κ1) is 18.7. The molecule has 0 aliphatic carbocycles. The third-order valence-electron chi connectivity index (χ3n) is 4.10. The van der Waals surface area contributed by atoms with Crippen LogP contribution in [0, 0.1) is 0 Å². The first-order valence-electron chi connectivity index (χ1n) is 8.31. The molecule has 0 saturated heterocycles. The molecule has 3 nitrogen and oxygen atoms in total. The Hall–Kier alpha value is -2.08. The Labute approximate surface area is 159 Å². The molecule has 0 bridgehead atoms. The summed E-state index contributed by atoms with van der Waals surface area (Å²) in [7, 11) is -3.60. The predicted molar refractivity (Wildman–Crippen MR) is 108 cm³/mol. The molecular formula is C21H21NO2S2. The standard InChI is InChI=1S/C21H21NO2S2/c1-25-20-12-14-21(15-13-20)26(23,24)22(16-18-8-4-2-5-9-18)17-19-10-6-3-7-11-19/h2-15H,16-17H2,1H3. The van der Waals surface area contributed by atoms with Gasteiger partial charge in [0, 0.05) is 18.0 Å². The van der Waals surface area contributed by atoms with Crippen LogP contribution in [0.25, 0.3) is 0 Å². The Kier molecular flexibility index (Phi) is 6.14. The SMILES string of the molecule is CSc1ccc(S(=O)(=O)N(Cc2ccccc2)Cc2ccccc2)cc1. The molecule has 3 rings (SSSR count). The maximum atomic E-state index is 13.3. The highest BCUT2D eigenvalue weighted by Gasteiger charge is 2.25. The van der Waals surface area contributed by atoms with Gasteiger partial charge in [-0.3, -0.25) is 0 Å². The van der Waals surface area contributed by atoms with Gasteiger partial charge in [-0.1, -0.05) is 60.7 Å². The van der Waals surface area contributed by atoms with E-state index in [-0.39, 0.29) is 0 Å². The molecule has 0 saturated carbocycles. The fraction of sp³-hybridized carbons (Fsp3) is 0.143. The van der Waals surface area contributed by atoms with Gasteiger partial charge >= 0.3 is 0 Å². The Bertz CT molecular complexity index is 883. The second-order valence-electron chi connectivity index (χ2n) is 5.92. The summed E-state index contributed by atoms with van der Waals surface area (Å²) in [5.74, 6) is 0. The van der Waals surface area contributed by atoms with Crippen molar-refractivity contribution < 1.29 is 8.42 Å². The molecule has 0 N–H and O–H groups in total. The highest BCUT2D eigenvalue weighted by atomic mass is 32.2. The van der Waals surface area contributed by atoms with Crippen LogP contribution in [0.5, 0.6) is 0 Å². The molecule has 0 spiro atoms. The Morgan fingerprint density at radius 1 is 0.731 bits per heavy atom. The van der Waals surface area contributed by atoms with Crippen molar-refractivity contribution >= 4 is 21.8 Å². The summed E-state index contributed by atoms with van der Waals surface area (Å²) in [4.78, 5) is 1.36. The molecular weight excluding hydrogens is 362 g/mol. The van der Waals surface area contributed by atoms with Gasteiger partial charge in [0.05, 0.1) is 4.90 Å². The van der Waals surface area contributed by atoms with Crippen molar-refractivity contribution in [1.82, 2.24) is 4.31 Å². The number of benzene rings is 3. The minimum Gasteiger partial charge on any atom is -0.207 e. The number of sulfonamides is 1. The first-order valence-corrected chi connectivity index (χ1v) is 11.0. The molecule has 5 heteroatoms. The van der Waals surface area contributed by atoms with E-state index in [1.165, 1.54) is 4.31 Å². The summed E-state index contributed by atoms with van der Waals surface area (Å²) in [5.41, 5.74) is 1.93. The van der Waals surface area contributed by atoms with Crippen molar-refractivity contribution in [2.45, 2.75) is 22.9 Å². The third kappa shape index (κ3) is 4.55. The monoisotopic (exact) mass is 383 g/mol. The summed E-state index contributed by atoms with van der Waals surface area (Å²) < 4.78 is 28.1. The van der Waals surface area contributed by atoms with Crippen molar-refractivity contribution in [2.75, 3.05) is 6.26 Å². The van der Waals surface area contributed by atoms with Crippen molar-refractivity contribution in [3.63, 3.8) is 0 Å². The van der Waals surface area contributed by atoms with Crippen LogP contribution in [-0.2, 0) is 23.1 Å². The molecule has 3 aromatic rings. The van der Waals surface area contributed by atoms with Crippen LogP contribution >= 0.6 is 11.8 Å². The van der Waals surface area contributed by atoms with E-state index in [1.807, 2.05) is 79.1 Å². The molecule has 0 aliphatic heterocycles. The van der Waals surface area contributed by atoms with Gasteiger partial charge in [-0.15, -0.1) is 11.8 Å². The molecule has 0 heterocycles. The summed E-state index contributed by atoms with van der Waals surface area (Å²) >= 11 is 1.59. The fourth-order valence-corrected chi connectivity index (χ4v) is 4.52. The quantitative estimate of drug-likeness (QED) is 0.550. The predicted octanol–water partition coefficient (Wildman–Crippen LogP) is 4.80. The van der Waals surface area contributed by atoms with Gasteiger partial charge in [0.15, 0.2) is 0 Å². The van der Waals surface area contributed by atoms with Crippen LogP contribution in [-0.4, -0.2) is 19.0 Å². The Balaban J connectivity index is 1.94. The van der Waals surface area contributed by atoms with Crippen molar-refractivity contribution in [2.24, 2.45) is 0 Å². The summed E-state index contributed by atoms with van der Waals surface area (Å²) in [6.07, 6.45) is 1.97. The van der Waals surface area contributed by atoms with Crippen molar-refractivity contribution in [3.05, 3.63) is 96.1 Å². The molecule has 0 fully saturated rings. The van der Waals surface area contributed by atoms with Crippen molar-refractivity contribution in [3.8, 4) is 0 Å².